The Morgan fingerprint density at radius 3 is 2.18 bits per heavy atom. The van der Waals surface area contributed by atoms with Crippen molar-refractivity contribution in [3.8, 4) is 0 Å². The Kier molecular flexibility index (Phi) is 6.99. The second-order valence-electron chi connectivity index (χ2n) is 8.40. The molecule has 1 amide bonds. The van der Waals surface area contributed by atoms with Crippen LogP contribution in [0.25, 0.3) is 0 Å². The molecular weight excluding hydrogens is 426 g/mol. The number of carbonyl (C=O) groups is 1. The number of aryl methyl sites for hydroxylation is 3. The molecule has 0 radical (unpaired) electrons. The van der Waals surface area contributed by atoms with E-state index in [1.807, 2.05) is 67.6 Å². The van der Waals surface area contributed by atoms with Gasteiger partial charge in [0.05, 0.1) is 5.57 Å². The van der Waals surface area contributed by atoms with Crippen LogP contribution in [0.3, 0.4) is 0 Å². The summed E-state index contributed by atoms with van der Waals surface area (Å²) in [6.45, 7) is 8.41. The average Bonchev–Trinajstić information content (AvgIpc) is 2.79. The van der Waals surface area contributed by atoms with E-state index in [0.29, 0.717) is 5.57 Å². The fourth-order valence-electron chi connectivity index (χ4n) is 4.19. The zero-order valence-electron chi connectivity index (χ0n) is 19.5. The molecule has 0 aliphatic carbocycles. The maximum Gasteiger partial charge on any atom is 0.255 e. The number of allylic oxidation sites excluding steroid dienone is 1. The molecule has 0 saturated carbocycles. The van der Waals surface area contributed by atoms with Gasteiger partial charge in [-0.05, 0) is 62.1 Å². The van der Waals surface area contributed by atoms with Gasteiger partial charge in [0.2, 0.25) is 0 Å². The molecule has 0 bridgehead atoms. The molecule has 0 saturated heterocycles. The van der Waals surface area contributed by atoms with Gasteiger partial charge in [-0.2, -0.15) is 0 Å². The van der Waals surface area contributed by atoms with Gasteiger partial charge in [-0.15, -0.1) is 0 Å². The van der Waals surface area contributed by atoms with Crippen LogP contribution in [0.2, 0.25) is 0 Å². The molecule has 0 aromatic heterocycles. The van der Waals surface area contributed by atoms with Crippen molar-refractivity contribution >= 4 is 28.5 Å². The molecule has 0 unspecified atom stereocenters. The summed E-state index contributed by atoms with van der Waals surface area (Å²) in [6, 6.07) is 23.6. The third-order valence-electron chi connectivity index (χ3n) is 5.80. The molecule has 3 aromatic carbocycles. The SMILES string of the molecule is CC1=C(C(=O)Nc2ccccc2)[C@@H](c2ccccc2)N=C(SCc2c(C)cc(C)cc2C)N1. The van der Waals surface area contributed by atoms with Gasteiger partial charge in [0, 0.05) is 17.1 Å². The second kappa shape index (κ2) is 10.1. The van der Waals surface area contributed by atoms with Gasteiger partial charge in [-0.1, -0.05) is 78.0 Å². The number of thioether (sulfide) groups is 1. The highest BCUT2D eigenvalue weighted by Gasteiger charge is 2.29. The molecular formula is C28H29N3OS. The maximum atomic E-state index is 13.3. The summed E-state index contributed by atoms with van der Waals surface area (Å²) in [6.07, 6.45) is 0. The van der Waals surface area contributed by atoms with E-state index in [9.17, 15) is 4.79 Å². The van der Waals surface area contributed by atoms with E-state index in [-0.39, 0.29) is 11.9 Å². The van der Waals surface area contributed by atoms with Gasteiger partial charge < -0.3 is 10.6 Å². The topological polar surface area (TPSA) is 53.5 Å². The first-order valence-corrected chi connectivity index (χ1v) is 12.1. The first-order chi connectivity index (χ1) is 15.9. The van der Waals surface area contributed by atoms with Crippen LogP contribution in [-0.4, -0.2) is 11.1 Å². The van der Waals surface area contributed by atoms with Crippen LogP contribution in [0.5, 0.6) is 0 Å². The van der Waals surface area contributed by atoms with E-state index >= 15 is 0 Å². The largest absolute Gasteiger partial charge is 0.338 e. The smallest absolute Gasteiger partial charge is 0.255 e. The van der Waals surface area contributed by atoms with E-state index in [0.717, 1.165) is 27.9 Å². The molecule has 1 atom stereocenters. The van der Waals surface area contributed by atoms with Crippen LogP contribution in [0.1, 0.15) is 40.8 Å². The Labute approximate surface area is 200 Å². The van der Waals surface area contributed by atoms with Crippen molar-refractivity contribution in [3.63, 3.8) is 0 Å². The molecule has 1 heterocycles. The molecule has 33 heavy (non-hydrogen) atoms. The summed E-state index contributed by atoms with van der Waals surface area (Å²) in [5, 5.41) is 7.24. The minimum atomic E-state index is -0.362. The van der Waals surface area contributed by atoms with Crippen molar-refractivity contribution < 1.29 is 4.79 Å². The third-order valence-corrected chi connectivity index (χ3v) is 6.72. The summed E-state index contributed by atoms with van der Waals surface area (Å²) in [4.78, 5) is 18.3. The Morgan fingerprint density at radius 1 is 0.939 bits per heavy atom. The van der Waals surface area contributed by atoms with Crippen LogP contribution < -0.4 is 10.6 Å². The third kappa shape index (κ3) is 5.37. The maximum absolute atomic E-state index is 13.3. The number of rotatable bonds is 5. The van der Waals surface area contributed by atoms with E-state index in [1.165, 1.54) is 22.3 Å². The van der Waals surface area contributed by atoms with Crippen molar-refractivity contribution in [1.29, 1.82) is 0 Å². The Balaban J connectivity index is 1.61. The number of nitrogens with one attached hydrogen (secondary N) is 2. The molecule has 1 aliphatic heterocycles. The number of aliphatic imine (C=N–C) groups is 1. The number of hydrogen-bond donors (Lipinski definition) is 2. The van der Waals surface area contributed by atoms with E-state index < -0.39 is 0 Å². The molecule has 168 valence electrons. The monoisotopic (exact) mass is 455 g/mol. The summed E-state index contributed by atoms with van der Waals surface area (Å²) in [5.74, 6) is 0.683. The summed E-state index contributed by atoms with van der Waals surface area (Å²) < 4.78 is 0. The number of amidine groups is 1. The first kappa shape index (κ1) is 22.9. The lowest BCUT2D eigenvalue weighted by Gasteiger charge is -2.26. The number of amides is 1. The van der Waals surface area contributed by atoms with Crippen LogP contribution in [0.15, 0.2) is 89.1 Å². The standard InChI is InChI=1S/C28H29N3OS/c1-18-15-19(2)24(20(3)16-18)17-33-28-29-21(4)25(26(31-28)22-11-7-5-8-12-22)27(32)30-23-13-9-6-10-14-23/h5-16,26H,17H2,1-4H3,(H,29,31)(H,30,32)/t26-/m1/s1. The van der Waals surface area contributed by atoms with Gasteiger partial charge >= 0.3 is 0 Å². The molecule has 5 heteroatoms. The number of para-hydroxylation sites is 1. The van der Waals surface area contributed by atoms with E-state index in [2.05, 4.69) is 43.5 Å². The Morgan fingerprint density at radius 2 is 1.55 bits per heavy atom. The Bertz CT molecular complexity index is 1190. The lowest BCUT2D eigenvalue weighted by molar-refractivity contribution is -0.113. The van der Waals surface area contributed by atoms with Gasteiger partial charge in [0.15, 0.2) is 5.17 Å². The number of nitrogens with zero attached hydrogens (tertiary/aromatic N) is 1. The van der Waals surface area contributed by atoms with Gasteiger partial charge in [0.1, 0.15) is 6.04 Å². The number of carbonyl (C=O) groups excluding carboxylic acids is 1. The second-order valence-corrected chi connectivity index (χ2v) is 9.36. The Hall–Kier alpha value is -3.31. The van der Waals surface area contributed by atoms with Gasteiger partial charge in [0.25, 0.3) is 5.91 Å². The molecule has 3 aromatic rings. The number of benzene rings is 3. The predicted octanol–water partition coefficient (Wildman–Crippen LogP) is 6.46. The van der Waals surface area contributed by atoms with E-state index in [1.54, 1.807) is 11.8 Å². The lowest BCUT2D eigenvalue weighted by atomic mass is 9.96. The molecule has 4 rings (SSSR count). The highest BCUT2D eigenvalue weighted by Crippen LogP contribution is 2.34. The normalized spacial score (nSPS) is 15.6. The van der Waals surface area contributed by atoms with Crippen LogP contribution >= 0.6 is 11.8 Å². The fourth-order valence-corrected chi connectivity index (χ4v) is 5.33. The lowest BCUT2D eigenvalue weighted by Crippen LogP contribution is -2.32. The average molecular weight is 456 g/mol. The number of hydrogen-bond acceptors (Lipinski definition) is 4. The van der Waals surface area contributed by atoms with Crippen LogP contribution in [-0.2, 0) is 10.5 Å². The molecule has 0 fully saturated rings. The summed E-state index contributed by atoms with van der Waals surface area (Å²) in [7, 11) is 0. The fraction of sp³-hybridized carbons (Fsp3) is 0.214. The first-order valence-electron chi connectivity index (χ1n) is 11.1. The van der Waals surface area contributed by atoms with Crippen LogP contribution in [0, 0.1) is 20.8 Å². The molecule has 0 spiro atoms. The van der Waals surface area contributed by atoms with E-state index in [4.69, 9.17) is 4.99 Å². The molecule has 4 nitrogen and oxygen atoms in total. The van der Waals surface area contributed by atoms with Crippen molar-refractivity contribution in [2.24, 2.45) is 4.99 Å². The minimum absolute atomic E-state index is 0.141. The quantitative estimate of drug-likeness (QED) is 0.464. The van der Waals surface area contributed by atoms with Crippen molar-refractivity contribution in [3.05, 3.63) is 112 Å². The van der Waals surface area contributed by atoms with Crippen molar-refractivity contribution in [2.45, 2.75) is 39.5 Å². The summed E-state index contributed by atoms with van der Waals surface area (Å²) >= 11 is 1.68. The van der Waals surface area contributed by atoms with Crippen molar-refractivity contribution in [2.75, 3.05) is 5.32 Å². The predicted molar refractivity (Wildman–Crippen MR) is 139 cm³/mol. The van der Waals surface area contributed by atoms with Gasteiger partial charge in [-0.25, -0.2) is 4.99 Å². The summed E-state index contributed by atoms with van der Waals surface area (Å²) in [5.41, 5.74) is 8.44. The molecule has 1 aliphatic rings. The van der Waals surface area contributed by atoms with Gasteiger partial charge in [-0.3, -0.25) is 4.79 Å². The molecule has 2 N–H and O–H groups in total. The number of anilines is 1. The zero-order valence-corrected chi connectivity index (χ0v) is 20.3. The highest BCUT2D eigenvalue weighted by molar-refractivity contribution is 8.13. The van der Waals surface area contributed by atoms with Crippen LogP contribution in [0.4, 0.5) is 5.69 Å². The zero-order chi connectivity index (χ0) is 23.4. The van der Waals surface area contributed by atoms with Crippen molar-refractivity contribution in [1.82, 2.24) is 5.32 Å². The highest BCUT2D eigenvalue weighted by atomic mass is 32.2. The minimum Gasteiger partial charge on any atom is -0.338 e.